The lowest BCUT2D eigenvalue weighted by Crippen LogP contribution is -2.43. The molecule has 1 saturated heterocycles. The Balaban J connectivity index is 2.42. The third-order valence-electron chi connectivity index (χ3n) is 2.31. The van der Waals surface area contributed by atoms with E-state index in [1.807, 2.05) is 6.92 Å². The van der Waals surface area contributed by atoms with Crippen molar-refractivity contribution < 1.29 is 13.2 Å². The highest BCUT2D eigenvalue weighted by molar-refractivity contribution is 7.91. The summed E-state index contributed by atoms with van der Waals surface area (Å²) < 4.78 is 22.5. The standard InChI is InChI=1S/C9H17NO3S/c1-2-4-9(11)10-8-5-3-6-14(12,13)7-8/h8H,2-7H2,1H3,(H,10,11). The Morgan fingerprint density at radius 2 is 2.21 bits per heavy atom. The van der Waals surface area contributed by atoms with Crippen molar-refractivity contribution in [1.82, 2.24) is 5.32 Å². The van der Waals surface area contributed by atoms with Crippen LogP contribution in [0.15, 0.2) is 0 Å². The van der Waals surface area contributed by atoms with Crippen LogP contribution in [-0.4, -0.2) is 31.9 Å². The van der Waals surface area contributed by atoms with Gasteiger partial charge in [-0.3, -0.25) is 4.79 Å². The Bertz CT molecular complexity index is 297. The van der Waals surface area contributed by atoms with Crippen molar-refractivity contribution >= 4 is 15.7 Å². The summed E-state index contributed by atoms with van der Waals surface area (Å²) in [5, 5.41) is 2.76. The molecule has 1 amide bonds. The highest BCUT2D eigenvalue weighted by Gasteiger charge is 2.25. The van der Waals surface area contributed by atoms with E-state index in [4.69, 9.17) is 0 Å². The van der Waals surface area contributed by atoms with Gasteiger partial charge in [0.15, 0.2) is 9.84 Å². The lowest BCUT2D eigenvalue weighted by molar-refractivity contribution is -0.121. The van der Waals surface area contributed by atoms with Crippen LogP contribution in [0.1, 0.15) is 32.6 Å². The normalized spacial score (nSPS) is 25.6. The van der Waals surface area contributed by atoms with Crippen LogP contribution in [0.25, 0.3) is 0 Å². The van der Waals surface area contributed by atoms with E-state index in [1.165, 1.54) is 0 Å². The largest absolute Gasteiger partial charge is 0.352 e. The van der Waals surface area contributed by atoms with Crippen molar-refractivity contribution in [2.24, 2.45) is 0 Å². The van der Waals surface area contributed by atoms with E-state index in [1.54, 1.807) is 0 Å². The maximum absolute atomic E-state index is 11.2. The van der Waals surface area contributed by atoms with E-state index in [-0.39, 0.29) is 23.5 Å². The van der Waals surface area contributed by atoms with E-state index >= 15 is 0 Å². The first-order valence-electron chi connectivity index (χ1n) is 5.03. The molecule has 0 aromatic rings. The molecule has 1 aliphatic heterocycles. The summed E-state index contributed by atoms with van der Waals surface area (Å²) >= 11 is 0. The van der Waals surface area contributed by atoms with E-state index in [0.717, 1.165) is 12.8 Å². The van der Waals surface area contributed by atoms with Crippen LogP contribution in [0, 0.1) is 0 Å². The number of carbonyl (C=O) groups is 1. The van der Waals surface area contributed by atoms with Crippen LogP contribution >= 0.6 is 0 Å². The first-order valence-corrected chi connectivity index (χ1v) is 6.85. The molecule has 1 rings (SSSR count). The molecule has 0 aromatic heterocycles. The number of hydrogen-bond donors (Lipinski definition) is 1. The fourth-order valence-corrected chi connectivity index (χ4v) is 3.30. The SMILES string of the molecule is CCCC(=O)NC1CCCS(=O)(=O)C1. The molecule has 1 fully saturated rings. The molecule has 5 heteroatoms. The molecular formula is C9H17NO3S. The number of hydrogen-bond acceptors (Lipinski definition) is 3. The van der Waals surface area contributed by atoms with E-state index in [9.17, 15) is 13.2 Å². The van der Waals surface area contributed by atoms with Gasteiger partial charge in [-0.15, -0.1) is 0 Å². The van der Waals surface area contributed by atoms with Crippen LogP contribution in [0.2, 0.25) is 0 Å². The summed E-state index contributed by atoms with van der Waals surface area (Å²) in [4.78, 5) is 11.2. The van der Waals surface area contributed by atoms with Crippen molar-refractivity contribution in [1.29, 1.82) is 0 Å². The van der Waals surface area contributed by atoms with Gasteiger partial charge in [0.1, 0.15) is 0 Å². The molecule has 0 aliphatic carbocycles. The fraction of sp³-hybridized carbons (Fsp3) is 0.889. The van der Waals surface area contributed by atoms with Gasteiger partial charge in [-0.05, 0) is 19.3 Å². The summed E-state index contributed by atoms with van der Waals surface area (Å²) in [5.41, 5.74) is 0. The van der Waals surface area contributed by atoms with E-state index in [0.29, 0.717) is 12.8 Å². The molecule has 0 saturated carbocycles. The minimum absolute atomic E-state index is 0.0328. The minimum atomic E-state index is -2.91. The van der Waals surface area contributed by atoms with Gasteiger partial charge in [0, 0.05) is 12.5 Å². The van der Waals surface area contributed by atoms with E-state index in [2.05, 4.69) is 5.32 Å². The molecule has 0 aromatic carbocycles. The van der Waals surface area contributed by atoms with Crippen LogP contribution in [-0.2, 0) is 14.6 Å². The van der Waals surface area contributed by atoms with Crippen LogP contribution in [0.4, 0.5) is 0 Å². The summed E-state index contributed by atoms with van der Waals surface area (Å²) in [5.74, 6) is 0.352. The molecule has 4 nitrogen and oxygen atoms in total. The molecule has 1 atom stereocenters. The topological polar surface area (TPSA) is 63.2 Å². The molecule has 1 N–H and O–H groups in total. The molecular weight excluding hydrogens is 202 g/mol. The first kappa shape index (κ1) is 11.5. The second-order valence-corrected chi connectivity index (χ2v) is 6.00. The van der Waals surface area contributed by atoms with Crippen LogP contribution < -0.4 is 5.32 Å². The van der Waals surface area contributed by atoms with Crippen molar-refractivity contribution in [3.8, 4) is 0 Å². The van der Waals surface area contributed by atoms with Crippen LogP contribution in [0.3, 0.4) is 0 Å². The second kappa shape index (κ2) is 4.77. The van der Waals surface area contributed by atoms with Gasteiger partial charge in [0.05, 0.1) is 11.5 Å². The van der Waals surface area contributed by atoms with Gasteiger partial charge in [-0.2, -0.15) is 0 Å². The Morgan fingerprint density at radius 3 is 2.79 bits per heavy atom. The zero-order chi connectivity index (χ0) is 10.6. The maximum atomic E-state index is 11.2. The average molecular weight is 219 g/mol. The smallest absolute Gasteiger partial charge is 0.220 e. The Hall–Kier alpha value is -0.580. The molecule has 1 aliphatic rings. The molecule has 0 bridgehead atoms. The maximum Gasteiger partial charge on any atom is 0.220 e. The number of rotatable bonds is 3. The molecule has 0 radical (unpaired) electrons. The van der Waals surface area contributed by atoms with Crippen molar-refractivity contribution in [3.63, 3.8) is 0 Å². The monoisotopic (exact) mass is 219 g/mol. The Kier molecular flexibility index (Phi) is 3.92. The summed E-state index contributed by atoms with van der Waals surface area (Å²) in [6, 6.07) is -0.159. The van der Waals surface area contributed by atoms with Gasteiger partial charge < -0.3 is 5.32 Å². The third-order valence-corrected chi connectivity index (χ3v) is 4.13. The summed E-state index contributed by atoms with van der Waals surface area (Å²) in [6.45, 7) is 1.93. The molecule has 0 spiro atoms. The van der Waals surface area contributed by atoms with E-state index < -0.39 is 9.84 Å². The lowest BCUT2D eigenvalue weighted by Gasteiger charge is -2.22. The molecule has 14 heavy (non-hydrogen) atoms. The van der Waals surface area contributed by atoms with Gasteiger partial charge in [-0.1, -0.05) is 6.92 Å². The van der Waals surface area contributed by atoms with Gasteiger partial charge in [-0.25, -0.2) is 8.42 Å². The Morgan fingerprint density at radius 1 is 1.50 bits per heavy atom. The highest BCUT2D eigenvalue weighted by atomic mass is 32.2. The van der Waals surface area contributed by atoms with Gasteiger partial charge in [0.2, 0.25) is 5.91 Å². The quantitative estimate of drug-likeness (QED) is 0.751. The van der Waals surface area contributed by atoms with Crippen molar-refractivity contribution in [2.75, 3.05) is 11.5 Å². The zero-order valence-corrected chi connectivity index (χ0v) is 9.27. The molecule has 1 unspecified atom stereocenters. The predicted octanol–water partition coefficient (Wildman–Crippen LogP) is 0.480. The third kappa shape index (κ3) is 3.65. The summed E-state index contributed by atoms with van der Waals surface area (Å²) in [7, 11) is -2.91. The predicted molar refractivity (Wildman–Crippen MR) is 54.7 cm³/mol. The van der Waals surface area contributed by atoms with Crippen molar-refractivity contribution in [3.05, 3.63) is 0 Å². The Labute approximate surface area is 85.0 Å². The number of sulfone groups is 1. The van der Waals surface area contributed by atoms with Gasteiger partial charge >= 0.3 is 0 Å². The number of carbonyl (C=O) groups excluding carboxylic acids is 1. The molecule has 1 heterocycles. The summed E-state index contributed by atoms with van der Waals surface area (Å²) in [6.07, 6.45) is 2.73. The lowest BCUT2D eigenvalue weighted by atomic mass is 10.2. The number of amides is 1. The highest BCUT2D eigenvalue weighted by Crippen LogP contribution is 2.12. The minimum Gasteiger partial charge on any atom is -0.352 e. The zero-order valence-electron chi connectivity index (χ0n) is 8.45. The van der Waals surface area contributed by atoms with Crippen molar-refractivity contribution in [2.45, 2.75) is 38.6 Å². The van der Waals surface area contributed by atoms with Gasteiger partial charge in [0.25, 0.3) is 0 Å². The molecule has 82 valence electrons. The fourth-order valence-electron chi connectivity index (χ4n) is 1.66. The van der Waals surface area contributed by atoms with Crippen LogP contribution in [0.5, 0.6) is 0 Å². The first-order chi connectivity index (χ1) is 6.53. The second-order valence-electron chi connectivity index (χ2n) is 3.77. The average Bonchev–Trinajstić information content (AvgIpc) is 2.02. The number of nitrogens with one attached hydrogen (secondary N) is 1.